The number of ether oxygens (including phenoxy) is 1. The number of rotatable bonds is 6. The van der Waals surface area contributed by atoms with E-state index < -0.39 is 14.1 Å². The van der Waals surface area contributed by atoms with Crippen LogP contribution in [0.2, 0.25) is 18.1 Å². The number of hydrogen-bond acceptors (Lipinski definition) is 3. The number of aliphatic hydroxyl groups is 1. The predicted molar refractivity (Wildman–Crippen MR) is 90.0 cm³/mol. The molecule has 1 aromatic carbocycles. The minimum atomic E-state index is -1.75. The first-order valence-electron chi connectivity index (χ1n) is 7.61. The van der Waals surface area contributed by atoms with E-state index in [1.54, 1.807) is 6.92 Å². The van der Waals surface area contributed by atoms with Crippen molar-refractivity contribution in [3.05, 3.63) is 29.8 Å². The molecule has 0 aromatic heterocycles. The van der Waals surface area contributed by atoms with E-state index in [0.29, 0.717) is 18.8 Å². The van der Waals surface area contributed by atoms with Gasteiger partial charge in [-0.2, -0.15) is 0 Å². The van der Waals surface area contributed by atoms with Crippen molar-refractivity contribution >= 4 is 8.32 Å². The molecule has 120 valence electrons. The molecule has 0 aliphatic heterocycles. The van der Waals surface area contributed by atoms with Gasteiger partial charge in [-0.25, -0.2) is 0 Å². The van der Waals surface area contributed by atoms with Gasteiger partial charge in [0.2, 0.25) is 5.79 Å². The first-order chi connectivity index (χ1) is 9.47. The number of hydrogen-bond donors (Lipinski definition) is 1. The molecule has 1 unspecified atom stereocenters. The molecule has 1 rings (SSSR count). The topological polar surface area (TPSA) is 38.7 Å². The van der Waals surface area contributed by atoms with E-state index >= 15 is 0 Å². The van der Waals surface area contributed by atoms with Crippen LogP contribution in [0.1, 0.15) is 46.6 Å². The zero-order chi connectivity index (χ0) is 16.3. The van der Waals surface area contributed by atoms with Crippen LogP contribution in [0.5, 0.6) is 5.75 Å². The van der Waals surface area contributed by atoms with E-state index in [0.717, 1.165) is 5.56 Å². The summed E-state index contributed by atoms with van der Waals surface area (Å²) in [5.41, 5.74) is 1.07. The molecule has 0 radical (unpaired) electrons. The fraction of sp³-hybridized carbons (Fsp3) is 0.647. The van der Waals surface area contributed by atoms with Crippen LogP contribution in [0, 0.1) is 0 Å². The largest absolute Gasteiger partial charge is 0.463 e. The van der Waals surface area contributed by atoms with Gasteiger partial charge in [0.1, 0.15) is 5.75 Å². The highest BCUT2D eigenvalue weighted by Gasteiger charge is 2.37. The fourth-order valence-electron chi connectivity index (χ4n) is 1.51. The van der Waals surface area contributed by atoms with Crippen LogP contribution in [-0.2, 0) is 11.0 Å². The normalized spacial score (nSPS) is 15.6. The summed E-state index contributed by atoms with van der Waals surface area (Å²) in [4.78, 5) is 0. The molecule has 0 aliphatic rings. The molecular weight excluding hydrogens is 280 g/mol. The minimum Gasteiger partial charge on any atom is -0.463 e. The van der Waals surface area contributed by atoms with Crippen LogP contribution in [0.15, 0.2) is 24.3 Å². The lowest BCUT2D eigenvalue weighted by atomic mass is 10.2. The van der Waals surface area contributed by atoms with E-state index in [9.17, 15) is 5.11 Å². The summed E-state index contributed by atoms with van der Waals surface area (Å²) in [7, 11) is -1.75. The van der Waals surface area contributed by atoms with Crippen molar-refractivity contribution in [2.45, 2.75) is 71.6 Å². The van der Waals surface area contributed by atoms with E-state index in [-0.39, 0.29) is 5.04 Å². The second kappa shape index (κ2) is 6.51. The maximum absolute atomic E-state index is 9.99. The molecule has 1 atom stereocenters. The lowest BCUT2D eigenvalue weighted by Gasteiger charge is -2.36. The van der Waals surface area contributed by atoms with Crippen molar-refractivity contribution in [3.63, 3.8) is 0 Å². The van der Waals surface area contributed by atoms with Gasteiger partial charge in [-0.05, 0) is 35.8 Å². The van der Waals surface area contributed by atoms with Gasteiger partial charge in [0.05, 0.1) is 6.61 Å². The SMILES string of the molecule is CCC(C)(O)Oc1cccc(CO[Si](C)(C)C(C)(C)C)c1. The van der Waals surface area contributed by atoms with Crippen LogP contribution in [-0.4, -0.2) is 19.2 Å². The first kappa shape index (κ1) is 18.2. The zero-order valence-electron chi connectivity index (χ0n) is 14.5. The van der Waals surface area contributed by atoms with Gasteiger partial charge in [0.25, 0.3) is 0 Å². The summed E-state index contributed by atoms with van der Waals surface area (Å²) in [6, 6.07) is 7.77. The van der Waals surface area contributed by atoms with Crippen LogP contribution in [0.4, 0.5) is 0 Å². The Labute approximate surface area is 130 Å². The smallest absolute Gasteiger partial charge is 0.204 e. The van der Waals surface area contributed by atoms with Crippen LogP contribution in [0.3, 0.4) is 0 Å². The summed E-state index contributed by atoms with van der Waals surface area (Å²) >= 11 is 0. The second-order valence-corrected chi connectivity index (χ2v) is 12.1. The monoisotopic (exact) mass is 310 g/mol. The fourth-order valence-corrected chi connectivity index (χ4v) is 2.47. The summed E-state index contributed by atoms with van der Waals surface area (Å²) in [5, 5.41) is 10.2. The third kappa shape index (κ3) is 5.45. The maximum Gasteiger partial charge on any atom is 0.204 e. The third-order valence-electron chi connectivity index (χ3n) is 4.30. The van der Waals surface area contributed by atoms with Crippen molar-refractivity contribution in [3.8, 4) is 5.75 Å². The Morgan fingerprint density at radius 2 is 1.76 bits per heavy atom. The molecule has 21 heavy (non-hydrogen) atoms. The molecule has 3 nitrogen and oxygen atoms in total. The highest BCUT2D eigenvalue weighted by Crippen LogP contribution is 2.37. The van der Waals surface area contributed by atoms with E-state index in [1.807, 2.05) is 31.2 Å². The number of benzene rings is 1. The van der Waals surface area contributed by atoms with Gasteiger partial charge >= 0.3 is 0 Å². The Morgan fingerprint density at radius 3 is 2.29 bits per heavy atom. The first-order valence-corrected chi connectivity index (χ1v) is 10.5. The molecule has 0 heterocycles. The van der Waals surface area contributed by atoms with Gasteiger partial charge in [-0.15, -0.1) is 0 Å². The van der Waals surface area contributed by atoms with Gasteiger partial charge in [-0.1, -0.05) is 39.8 Å². The van der Waals surface area contributed by atoms with E-state index in [4.69, 9.17) is 9.16 Å². The Kier molecular flexibility index (Phi) is 5.64. The van der Waals surface area contributed by atoms with E-state index in [1.165, 1.54) is 0 Å². The maximum atomic E-state index is 9.99. The quantitative estimate of drug-likeness (QED) is 0.611. The molecule has 1 N–H and O–H groups in total. The zero-order valence-corrected chi connectivity index (χ0v) is 15.5. The Morgan fingerprint density at radius 1 is 1.14 bits per heavy atom. The van der Waals surface area contributed by atoms with Crippen molar-refractivity contribution in [2.75, 3.05) is 0 Å². The highest BCUT2D eigenvalue weighted by atomic mass is 28.4. The van der Waals surface area contributed by atoms with Crippen molar-refractivity contribution in [1.29, 1.82) is 0 Å². The van der Waals surface area contributed by atoms with Gasteiger partial charge in [0.15, 0.2) is 8.32 Å². The highest BCUT2D eigenvalue weighted by molar-refractivity contribution is 6.74. The minimum absolute atomic E-state index is 0.201. The summed E-state index contributed by atoms with van der Waals surface area (Å²) in [6.07, 6.45) is 0.539. The van der Waals surface area contributed by atoms with Crippen LogP contribution >= 0.6 is 0 Å². The van der Waals surface area contributed by atoms with Crippen LogP contribution in [0.25, 0.3) is 0 Å². The molecule has 0 saturated heterocycles. The summed E-state index contributed by atoms with van der Waals surface area (Å²) < 4.78 is 11.8. The molecule has 0 saturated carbocycles. The van der Waals surface area contributed by atoms with Crippen molar-refractivity contribution < 1.29 is 14.3 Å². The molecule has 0 aliphatic carbocycles. The van der Waals surface area contributed by atoms with E-state index in [2.05, 4.69) is 33.9 Å². The van der Waals surface area contributed by atoms with Gasteiger partial charge in [0, 0.05) is 13.3 Å². The third-order valence-corrected chi connectivity index (χ3v) is 8.78. The summed E-state index contributed by atoms with van der Waals surface area (Å²) in [5.74, 6) is -0.447. The molecule has 0 bridgehead atoms. The molecular formula is C17H30O3Si. The Balaban J connectivity index is 2.74. The molecule has 0 amide bonds. The Hall–Kier alpha value is -0.843. The second-order valence-electron chi connectivity index (χ2n) is 7.33. The molecule has 0 spiro atoms. The average Bonchev–Trinajstić information content (AvgIpc) is 2.35. The predicted octanol–water partition coefficient (Wildman–Crippen LogP) is 4.71. The standard InChI is InChI=1S/C17H30O3Si/c1-8-17(5,18)20-15-11-9-10-14(12-15)13-19-21(6,7)16(2,3)4/h9-12,18H,8,13H2,1-7H3. The lowest BCUT2D eigenvalue weighted by molar-refractivity contribution is -0.123. The summed E-state index contributed by atoms with van der Waals surface area (Å²) in [6.45, 7) is 15.3. The molecule has 4 heteroatoms. The Bertz CT molecular complexity index is 461. The molecule has 1 aromatic rings. The van der Waals surface area contributed by atoms with Gasteiger partial charge in [-0.3, -0.25) is 0 Å². The van der Waals surface area contributed by atoms with Crippen molar-refractivity contribution in [1.82, 2.24) is 0 Å². The van der Waals surface area contributed by atoms with Crippen LogP contribution < -0.4 is 4.74 Å². The molecule has 0 fully saturated rings. The van der Waals surface area contributed by atoms with Gasteiger partial charge < -0.3 is 14.3 Å². The lowest BCUT2D eigenvalue weighted by Crippen LogP contribution is -2.40. The van der Waals surface area contributed by atoms with Crippen molar-refractivity contribution in [2.24, 2.45) is 0 Å². The average molecular weight is 311 g/mol.